The van der Waals surface area contributed by atoms with Crippen LogP contribution in [0.5, 0.6) is 0 Å². The molecule has 2 saturated heterocycles. The van der Waals surface area contributed by atoms with E-state index >= 15 is 0 Å². The van der Waals surface area contributed by atoms with Gasteiger partial charge in [-0.15, -0.1) is 0 Å². The van der Waals surface area contributed by atoms with E-state index in [1.54, 1.807) is 6.20 Å². The fraction of sp³-hybridized carbons (Fsp3) is 0.375. The zero-order valence-electron chi connectivity index (χ0n) is 17.6. The first-order chi connectivity index (χ1) is 15.5. The van der Waals surface area contributed by atoms with Gasteiger partial charge in [-0.1, -0.05) is 47.6 Å². The van der Waals surface area contributed by atoms with Crippen molar-refractivity contribution in [2.24, 2.45) is 11.1 Å². The molecule has 0 saturated carbocycles. The molecule has 8 heteroatoms. The molecule has 4 N–H and O–H groups in total. The summed E-state index contributed by atoms with van der Waals surface area (Å²) in [6.07, 6.45) is 11.1. The van der Waals surface area contributed by atoms with Crippen LogP contribution in [0.4, 0.5) is 11.6 Å². The molecular formula is C24H25ClN6S. The van der Waals surface area contributed by atoms with E-state index in [0.29, 0.717) is 22.9 Å². The van der Waals surface area contributed by atoms with Gasteiger partial charge in [-0.2, -0.15) is 0 Å². The molecule has 2 bridgehead atoms. The highest BCUT2D eigenvalue weighted by molar-refractivity contribution is 7.99. The molecular weight excluding hydrogens is 440 g/mol. The fourth-order valence-corrected chi connectivity index (χ4v) is 7.09. The van der Waals surface area contributed by atoms with E-state index in [1.807, 2.05) is 18.5 Å². The van der Waals surface area contributed by atoms with Gasteiger partial charge in [0.05, 0.1) is 17.4 Å². The van der Waals surface area contributed by atoms with Crippen LogP contribution < -0.4 is 16.4 Å². The van der Waals surface area contributed by atoms with Crippen molar-refractivity contribution in [1.29, 1.82) is 0 Å². The van der Waals surface area contributed by atoms with Crippen molar-refractivity contribution < 1.29 is 0 Å². The Hall–Kier alpha value is -2.35. The molecule has 4 heterocycles. The van der Waals surface area contributed by atoms with Gasteiger partial charge in [0.2, 0.25) is 0 Å². The van der Waals surface area contributed by atoms with Gasteiger partial charge in [0.25, 0.3) is 0 Å². The third-order valence-electron chi connectivity index (χ3n) is 7.47. The van der Waals surface area contributed by atoms with Crippen LogP contribution in [0.1, 0.15) is 42.9 Å². The third-order valence-corrected chi connectivity index (χ3v) is 8.96. The Kier molecular flexibility index (Phi) is 4.82. The van der Waals surface area contributed by atoms with E-state index in [0.717, 1.165) is 35.0 Å². The lowest BCUT2D eigenvalue weighted by Crippen LogP contribution is -2.51. The lowest BCUT2D eigenvalue weighted by Gasteiger charge is -2.47. The van der Waals surface area contributed by atoms with Crippen molar-refractivity contribution in [2.75, 3.05) is 10.6 Å². The molecule has 1 aliphatic carbocycles. The minimum absolute atomic E-state index is 0.131. The molecule has 1 spiro atoms. The lowest BCUT2D eigenvalue weighted by molar-refractivity contribution is 0.155. The average Bonchev–Trinajstić information content (AvgIpc) is 3.23. The highest BCUT2D eigenvalue weighted by Gasteiger charge is 2.54. The number of pyridine rings is 1. The summed E-state index contributed by atoms with van der Waals surface area (Å²) in [6.45, 7) is 0. The van der Waals surface area contributed by atoms with E-state index in [4.69, 9.17) is 28.1 Å². The Labute approximate surface area is 196 Å². The second-order valence-electron chi connectivity index (χ2n) is 9.24. The van der Waals surface area contributed by atoms with Crippen molar-refractivity contribution in [2.45, 2.75) is 60.2 Å². The summed E-state index contributed by atoms with van der Waals surface area (Å²) in [4.78, 5) is 16.8. The SMILES string of the molecule is Nc1nccc(Sc2cnc(N3[C@@H]4CC[C@H]3CC3(Cc5ccccc5[C@H]3N)C4)cn2)c1Cl. The molecule has 0 radical (unpaired) electrons. The Morgan fingerprint density at radius 2 is 1.81 bits per heavy atom. The minimum atomic E-state index is 0.131. The molecule has 3 aromatic rings. The number of hydrogen-bond donors (Lipinski definition) is 2. The van der Waals surface area contributed by atoms with Gasteiger partial charge in [-0.3, -0.25) is 0 Å². The molecule has 32 heavy (non-hydrogen) atoms. The Morgan fingerprint density at radius 3 is 2.53 bits per heavy atom. The maximum Gasteiger partial charge on any atom is 0.147 e. The molecule has 0 amide bonds. The van der Waals surface area contributed by atoms with Crippen molar-refractivity contribution in [1.82, 2.24) is 15.0 Å². The lowest BCUT2D eigenvalue weighted by atomic mass is 9.70. The highest BCUT2D eigenvalue weighted by atomic mass is 35.5. The first-order valence-corrected chi connectivity index (χ1v) is 12.3. The van der Waals surface area contributed by atoms with Gasteiger partial charge in [0.1, 0.15) is 16.7 Å². The number of hydrogen-bond acceptors (Lipinski definition) is 7. The topological polar surface area (TPSA) is 94.0 Å². The summed E-state index contributed by atoms with van der Waals surface area (Å²) in [5, 5.41) is 1.24. The quantitative estimate of drug-likeness (QED) is 0.583. The minimum Gasteiger partial charge on any atom is -0.382 e. The van der Waals surface area contributed by atoms with Gasteiger partial charge >= 0.3 is 0 Å². The molecule has 1 aromatic carbocycles. The van der Waals surface area contributed by atoms with Crippen LogP contribution >= 0.6 is 23.4 Å². The van der Waals surface area contributed by atoms with Gasteiger partial charge in [0.15, 0.2) is 0 Å². The molecule has 6 rings (SSSR count). The number of anilines is 2. The first kappa shape index (κ1) is 20.3. The van der Waals surface area contributed by atoms with Crippen LogP contribution in [-0.4, -0.2) is 27.0 Å². The van der Waals surface area contributed by atoms with Crippen LogP contribution in [0.25, 0.3) is 0 Å². The highest BCUT2D eigenvalue weighted by Crippen LogP contribution is 2.57. The van der Waals surface area contributed by atoms with Gasteiger partial charge in [-0.05, 0) is 54.7 Å². The summed E-state index contributed by atoms with van der Waals surface area (Å²) in [7, 11) is 0. The zero-order chi connectivity index (χ0) is 21.9. The number of piperidine rings is 1. The van der Waals surface area contributed by atoms with Crippen molar-refractivity contribution in [3.05, 3.63) is 65.1 Å². The molecule has 2 fully saturated rings. The van der Waals surface area contributed by atoms with E-state index in [1.165, 1.54) is 35.7 Å². The fourth-order valence-electron chi connectivity index (χ4n) is 6.10. The predicted molar refractivity (Wildman–Crippen MR) is 128 cm³/mol. The number of fused-ring (bicyclic) bond motifs is 3. The van der Waals surface area contributed by atoms with Gasteiger partial charge < -0.3 is 16.4 Å². The summed E-state index contributed by atoms with van der Waals surface area (Å²) in [5.41, 5.74) is 15.6. The zero-order valence-corrected chi connectivity index (χ0v) is 19.2. The first-order valence-electron chi connectivity index (χ1n) is 11.1. The predicted octanol–water partition coefficient (Wildman–Crippen LogP) is 4.63. The van der Waals surface area contributed by atoms with Crippen LogP contribution in [-0.2, 0) is 6.42 Å². The van der Waals surface area contributed by atoms with E-state index in [9.17, 15) is 0 Å². The van der Waals surface area contributed by atoms with E-state index in [2.05, 4.69) is 39.1 Å². The maximum atomic E-state index is 6.84. The normalized spacial score (nSPS) is 28.3. The third kappa shape index (κ3) is 3.17. The molecule has 2 aromatic heterocycles. The van der Waals surface area contributed by atoms with Crippen LogP contribution in [0.15, 0.2) is 58.8 Å². The average molecular weight is 465 g/mol. The smallest absolute Gasteiger partial charge is 0.147 e. The summed E-state index contributed by atoms with van der Waals surface area (Å²) in [6, 6.07) is 11.6. The number of aromatic nitrogens is 3. The van der Waals surface area contributed by atoms with Crippen molar-refractivity contribution in [3.8, 4) is 0 Å². The van der Waals surface area contributed by atoms with Crippen molar-refractivity contribution in [3.63, 3.8) is 0 Å². The number of nitrogens with zero attached hydrogens (tertiary/aromatic N) is 4. The standard InChI is InChI=1S/C24H25ClN6S/c25-21-18(7-8-28-23(21)27)32-20-13-29-19(12-30-20)31-15-5-6-16(31)11-24(10-15)9-14-3-1-2-4-17(14)22(24)26/h1-4,7-8,12-13,15-16,22H,5-6,9-11,26H2,(H2,27,28)/t15-,16+,22-,24?/m1/s1. The summed E-state index contributed by atoms with van der Waals surface area (Å²) >= 11 is 7.72. The number of benzene rings is 1. The summed E-state index contributed by atoms with van der Waals surface area (Å²) in [5.74, 6) is 1.29. The van der Waals surface area contributed by atoms with Gasteiger partial charge in [-0.25, -0.2) is 15.0 Å². The molecule has 164 valence electrons. The Bertz CT molecular complexity index is 1160. The Balaban J connectivity index is 1.21. The molecule has 1 unspecified atom stereocenters. The van der Waals surface area contributed by atoms with E-state index in [-0.39, 0.29) is 11.5 Å². The largest absolute Gasteiger partial charge is 0.382 e. The number of halogens is 1. The molecule has 6 nitrogen and oxygen atoms in total. The van der Waals surface area contributed by atoms with Crippen LogP contribution in [0.2, 0.25) is 5.02 Å². The van der Waals surface area contributed by atoms with Crippen LogP contribution in [0.3, 0.4) is 0 Å². The monoisotopic (exact) mass is 464 g/mol. The molecule has 4 atom stereocenters. The number of rotatable bonds is 3. The van der Waals surface area contributed by atoms with Gasteiger partial charge in [0, 0.05) is 29.2 Å². The summed E-state index contributed by atoms with van der Waals surface area (Å²) < 4.78 is 0. The van der Waals surface area contributed by atoms with Crippen LogP contribution in [0, 0.1) is 5.41 Å². The van der Waals surface area contributed by atoms with E-state index < -0.39 is 0 Å². The van der Waals surface area contributed by atoms with Crippen molar-refractivity contribution >= 4 is 35.0 Å². The number of nitrogen functional groups attached to an aromatic ring is 1. The maximum absolute atomic E-state index is 6.84. The Morgan fingerprint density at radius 1 is 1.03 bits per heavy atom. The second kappa shape index (κ2) is 7.61. The molecule has 3 aliphatic rings. The number of nitrogens with two attached hydrogens (primary N) is 2. The molecule has 2 aliphatic heterocycles. The second-order valence-corrected chi connectivity index (χ2v) is 10.7.